The van der Waals surface area contributed by atoms with Gasteiger partial charge in [-0.2, -0.15) is 0 Å². The van der Waals surface area contributed by atoms with Crippen molar-refractivity contribution in [2.75, 3.05) is 39.6 Å². The molecule has 5 rings (SSSR count). The van der Waals surface area contributed by atoms with E-state index in [9.17, 15) is 9.59 Å². The molecule has 1 aromatic heterocycles. The number of carbonyl (C=O) groups is 2. The van der Waals surface area contributed by atoms with Gasteiger partial charge in [0.05, 0.1) is 24.9 Å². The first kappa shape index (κ1) is 25.5. The van der Waals surface area contributed by atoms with E-state index in [1.165, 1.54) is 19.3 Å². The predicted molar refractivity (Wildman–Crippen MR) is 143 cm³/mol. The van der Waals surface area contributed by atoms with Crippen LogP contribution in [0.25, 0.3) is 0 Å². The number of hydrogen-bond acceptors (Lipinski definition) is 5. The summed E-state index contributed by atoms with van der Waals surface area (Å²) in [5.74, 6) is 1.38. The molecule has 1 unspecified atom stereocenters. The predicted octanol–water partition coefficient (Wildman–Crippen LogP) is 4.55. The number of aromatic nitrogens is 1. The molecule has 198 valence electrons. The zero-order valence-electron chi connectivity index (χ0n) is 22.2. The maximum Gasteiger partial charge on any atom is 0.321 e. The molecule has 8 heteroatoms. The van der Waals surface area contributed by atoms with Crippen LogP contribution in [0.15, 0.2) is 48.7 Å². The number of rotatable bonds is 8. The summed E-state index contributed by atoms with van der Waals surface area (Å²) in [4.78, 5) is 38.0. The molecule has 0 radical (unpaired) electrons. The molecule has 1 spiro atoms. The highest BCUT2D eigenvalue weighted by Gasteiger charge is 2.59. The number of nitrogens with zero attached hydrogens (tertiary/aromatic N) is 4. The molecule has 3 fully saturated rings. The Morgan fingerprint density at radius 1 is 1.11 bits per heavy atom. The number of nitrogens with one attached hydrogen (secondary N) is 1. The van der Waals surface area contributed by atoms with Gasteiger partial charge in [-0.05, 0) is 76.2 Å². The second-order valence-corrected chi connectivity index (χ2v) is 11.1. The average molecular weight is 506 g/mol. The molecule has 2 saturated carbocycles. The lowest BCUT2D eigenvalue weighted by molar-refractivity contribution is -0.117. The first-order valence-corrected chi connectivity index (χ1v) is 13.5. The number of ether oxygens (including phenoxy) is 1. The fraction of sp³-hybridized carbons (Fsp3) is 0.552. The van der Waals surface area contributed by atoms with E-state index in [-0.39, 0.29) is 30.1 Å². The molecule has 2 heterocycles. The molecule has 2 aliphatic carbocycles. The summed E-state index contributed by atoms with van der Waals surface area (Å²) in [5, 5.41) is 2.88. The topological polar surface area (TPSA) is 78.0 Å². The van der Waals surface area contributed by atoms with Gasteiger partial charge in [-0.1, -0.05) is 36.8 Å². The van der Waals surface area contributed by atoms with E-state index in [1.807, 2.05) is 23.1 Å². The Balaban J connectivity index is 1.45. The van der Waals surface area contributed by atoms with Crippen molar-refractivity contribution in [2.24, 2.45) is 5.92 Å². The molecule has 1 saturated heterocycles. The molecule has 37 heavy (non-hydrogen) atoms. The van der Waals surface area contributed by atoms with Crippen molar-refractivity contribution in [1.82, 2.24) is 19.7 Å². The lowest BCUT2D eigenvalue weighted by Gasteiger charge is -2.48. The molecule has 2 aromatic rings. The molecule has 3 amide bonds. The van der Waals surface area contributed by atoms with Gasteiger partial charge in [-0.25, -0.2) is 9.78 Å². The van der Waals surface area contributed by atoms with E-state index >= 15 is 0 Å². The summed E-state index contributed by atoms with van der Waals surface area (Å²) in [6.07, 6.45) is 9.13. The summed E-state index contributed by atoms with van der Waals surface area (Å²) in [6.45, 7) is 0.777. The summed E-state index contributed by atoms with van der Waals surface area (Å²) in [5.41, 5.74) is 0.796. The van der Waals surface area contributed by atoms with Crippen LogP contribution < -0.4 is 10.1 Å². The van der Waals surface area contributed by atoms with Gasteiger partial charge in [0.1, 0.15) is 18.1 Å². The smallest absolute Gasteiger partial charge is 0.321 e. The zero-order valence-corrected chi connectivity index (χ0v) is 22.2. The van der Waals surface area contributed by atoms with E-state index in [0.29, 0.717) is 23.5 Å². The Morgan fingerprint density at radius 2 is 1.84 bits per heavy atom. The largest absolute Gasteiger partial charge is 0.495 e. The fourth-order valence-electron chi connectivity index (χ4n) is 6.45. The lowest BCUT2D eigenvalue weighted by Crippen LogP contribution is -2.54. The van der Waals surface area contributed by atoms with Crippen molar-refractivity contribution in [3.8, 4) is 5.75 Å². The zero-order chi connectivity index (χ0) is 26.0. The van der Waals surface area contributed by atoms with Crippen molar-refractivity contribution in [3.05, 3.63) is 54.2 Å². The van der Waals surface area contributed by atoms with Gasteiger partial charge in [-0.15, -0.1) is 0 Å². The van der Waals surface area contributed by atoms with Crippen molar-refractivity contribution < 1.29 is 14.3 Å². The maximum atomic E-state index is 14.2. The first-order valence-electron chi connectivity index (χ1n) is 13.5. The van der Waals surface area contributed by atoms with Crippen LogP contribution in [0.5, 0.6) is 5.75 Å². The van der Waals surface area contributed by atoms with Gasteiger partial charge < -0.3 is 24.8 Å². The van der Waals surface area contributed by atoms with Crippen LogP contribution in [0.2, 0.25) is 0 Å². The fourth-order valence-corrected chi connectivity index (χ4v) is 6.45. The van der Waals surface area contributed by atoms with Crippen molar-refractivity contribution in [2.45, 2.75) is 62.6 Å². The Bertz CT molecular complexity index is 1080. The van der Waals surface area contributed by atoms with Crippen LogP contribution in [-0.2, 0) is 4.79 Å². The molecule has 1 aromatic carbocycles. The molecule has 1 N–H and O–H groups in total. The second-order valence-electron chi connectivity index (χ2n) is 11.1. The van der Waals surface area contributed by atoms with Crippen LogP contribution in [-0.4, -0.2) is 77.5 Å². The Morgan fingerprint density at radius 3 is 2.41 bits per heavy atom. The van der Waals surface area contributed by atoms with E-state index in [4.69, 9.17) is 4.74 Å². The molecule has 1 aliphatic heterocycles. The first-order chi connectivity index (χ1) is 17.9. The molecule has 8 nitrogen and oxygen atoms in total. The number of anilines is 1. The van der Waals surface area contributed by atoms with E-state index < -0.39 is 0 Å². The number of carbonyl (C=O) groups excluding carboxylic acids is 2. The normalized spacial score (nSPS) is 26.0. The quantitative estimate of drug-likeness (QED) is 0.570. The third-order valence-corrected chi connectivity index (χ3v) is 8.72. The van der Waals surface area contributed by atoms with Gasteiger partial charge in [0.2, 0.25) is 5.91 Å². The van der Waals surface area contributed by atoms with E-state index in [1.54, 1.807) is 25.4 Å². The van der Waals surface area contributed by atoms with Gasteiger partial charge in [0.15, 0.2) is 0 Å². The summed E-state index contributed by atoms with van der Waals surface area (Å²) in [7, 11) is 5.87. The highest BCUT2D eigenvalue weighted by Crippen LogP contribution is 2.52. The highest BCUT2D eigenvalue weighted by molar-refractivity contribution is 5.94. The third kappa shape index (κ3) is 5.04. The van der Waals surface area contributed by atoms with Gasteiger partial charge in [0.25, 0.3) is 0 Å². The monoisotopic (exact) mass is 505 g/mol. The van der Waals surface area contributed by atoms with Gasteiger partial charge in [-0.3, -0.25) is 4.79 Å². The van der Waals surface area contributed by atoms with Gasteiger partial charge >= 0.3 is 6.03 Å². The van der Waals surface area contributed by atoms with Crippen LogP contribution >= 0.6 is 0 Å². The molecule has 3 aliphatic rings. The molecular weight excluding hydrogens is 466 g/mol. The van der Waals surface area contributed by atoms with Crippen molar-refractivity contribution >= 4 is 17.8 Å². The van der Waals surface area contributed by atoms with Crippen LogP contribution in [0.1, 0.15) is 56.6 Å². The lowest BCUT2D eigenvalue weighted by atomic mass is 9.71. The summed E-state index contributed by atoms with van der Waals surface area (Å²) >= 11 is 0. The number of benzene rings is 1. The highest BCUT2D eigenvalue weighted by atomic mass is 16.5. The number of hydrogen-bond donors (Lipinski definition) is 1. The Hall–Kier alpha value is -3.13. The van der Waals surface area contributed by atoms with Gasteiger partial charge in [0, 0.05) is 12.6 Å². The molecular formula is C29H39N5O3. The van der Waals surface area contributed by atoms with Crippen LogP contribution in [0, 0.1) is 5.92 Å². The maximum absolute atomic E-state index is 14.2. The van der Waals surface area contributed by atoms with E-state index in [0.717, 1.165) is 37.8 Å². The second kappa shape index (κ2) is 10.7. The van der Waals surface area contributed by atoms with Crippen molar-refractivity contribution in [1.29, 1.82) is 0 Å². The van der Waals surface area contributed by atoms with Crippen LogP contribution in [0.4, 0.5) is 10.6 Å². The van der Waals surface area contributed by atoms with E-state index in [2.05, 4.69) is 46.3 Å². The molecule has 0 bridgehead atoms. The summed E-state index contributed by atoms with van der Waals surface area (Å²) in [6, 6.07) is 14.1. The molecule has 1 atom stereocenters. The number of amides is 3. The number of methoxy groups -OCH3 is 1. The standard InChI is InChI=1S/C29H39N5O3/c1-32(2)23-14-16-29(17-15-23)27(22-10-5-4-6-11-22)33(28(36)34(29)19-21-8-7-9-21)20-26(35)31-25-13-12-24(37-3)18-30-25/h4-6,10-13,18,21,23,27H,7-9,14-17,19-20H2,1-3H3,(H,30,31,35). The minimum Gasteiger partial charge on any atom is -0.495 e. The van der Waals surface area contributed by atoms with Crippen molar-refractivity contribution in [3.63, 3.8) is 0 Å². The number of pyridine rings is 1. The Kier molecular flexibility index (Phi) is 7.38. The minimum absolute atomic E-state index is 0.00781. The average Bonchev–Trinajstić information content (AvgIpc) is 3.09. The number of urea groups is 1. The minimum atomic E-state index is -0.306. The Labute approximate surface area is 220 Å². The van der Waals surface area contributed by atoms with Crippen LogP contribution in [0.3, 0.4) is 0 Å². The third-order valence-electron chi connectivity index (χ3n) is 8.72. The summed E-state index contributed by atoms with van der Waals surface area (Å²) < 4.78 is 5.17. The SMILES string of the molecule is COc1ccc(NC(=O)CN2C(=O)N(CC3CCC3)C3(CCC(N(C)C)CC3)C2c2ccccc2)nc1.